The molecule has 3 nitrogen and oxygen atoms in total. The van der Waals surface area contributed by atoms with E-state index < -0.39 is 0 Å². The summed E-state index contributed by atoms with van der Waals surface area (Å²) in [6, 6.07) is 0.477. The number of rotatable bonds is 2. The lowest BCUT2D eigenvalue weighted by Gasteiger charge is -2.06. The van der Waals surface area contributed by atoms with Crippen molar-refractivity contribution in [3.63, 3.8) is 0 Å². The summed E-state index contributed by atoms with van der Waals surface area (Å²) >= 11 is 0. The zero-order valence-corrected chi connectivity index (χ0v) is 9.36. The molecule has 1 fully saturated rings. The average Bonchev–Trinajstić information content (AvgIpc) is 2.91. The van der Waals surface area contributed by atoms with Crippen molar-refractivity contribution < 1.29 is 4.74 Å². The molecule has 0 bridgehead atoms. The Balaban J connectivity index is 0.000000461. The fraction of sp³-hybridized carbons (Fsp3) is 0.727. The van der Waals surface area contributed by atoms with Crippen LogP contribution in [-0.2, 0) is 11.2 Å². The summed E-state index contributed by atoms with van der Waals surface area (Å²) in [6.45, 7) is 7.85. The van der Waals surface area contributed by atoms with Crippen LogP contribution in [0.3, 0.4) is 0 Å². The molecule has 0 spiro atoms. The van der Waals surface area contributed by atoms with Crippen molar-refractivity contribution in [2.75, 3.05) is 13.2 Å². The highest BCUT2D eigenvalue weighted by Crippen LogP contribution is 2.17. The Morgan fingerprint density at radius 1 is 1.57 bits per heavy atom. The molecule has 1 aliphatic heterocycles. The highest BCUT2D eigenvalue weighted by molar-refractivity contribution is 5.03. The first kappa shape index (κ1) is 11.2. The summed E-state index contributed by atoms with van der Waals surface area (Å²) < 4.78 is 7.33. The number of nitrogens with zero attached hydrogens (tertiary/aromatic N) is 2. The predicted octanol–water partition coefficient (Wildman–Crippen LogP) is 2.43. The van der Waals surface area contributed by atoms with E-state index in [1.54, 1.807) is 0 Å². The van der Waals surface area contributed by atoms with Gasteiger partial charge in [0.1, 0.15) is 0 Å². The largest absolute Gasteiger partial charge is 0.379 e. The summed E-state index contributed by atoms with van der Waals surface area (Å²) in [5.74, 6) is 0. The van der Waals surface area contributed by atoms with Crippen molar-refractivity contribution in [2.45, 2.75) is 39.7 Å². The first-order valence-electron chi connectivity index (χ1n) is 5.51. The Hall–Kier alpha value is -0.830. The second-order valence-corrected chi connectivity index (χ2v) is 3.20. The third-order valence-electron chi connectivity index (χ3n) is 2.34. The van der Waals surface area contributed by atoms with E-state index in [2.05, 4.69) is 18.2 Å². The summed E-state index contributed by atoms with van der Waals surface area (Å²) in [7, 11) is 0. The molecule has 0 aromatic carbocycles. The molecule has 2 rings (SSSR count). The lowest BCUT2D eigenvalue weighted by Crippen LogP contribution is -2.08. The molecule has 0 N–H and O–H groups in total. The molecule has 1 aliphatic rings. The number of ether oxygens (including phenoxy) is 1. The van der Waals surface area contributed by atoms with Gasteiger partial charge in [0.15, 0.2) is 0 Å². The molecule has 0 saturated carbocycles. The van der Waals surface area contributed by atoms with Crippen LogP contribution >= 0.6 is 0 Å². The Labute approximate surface area is 86.1 Å². The molecule has 1 unspecified atom stereocenters. The van der Waals surface area contributed by atoms with E-state index in [0.717, 1.165) is 26.1 Å². The van der Waals surface area contributed by atoms with Gasteiger partial charge in [-0.3, -0.25) is 4.68 Å². The SMILES string of the molecule is CC.CCc1cnn(C2CCOC2)c1. The van der Waals surface area contributed by atoms with E-state index >= 15 is 0 Å². The normalized spacial score (nSPS) is 20.4. The topological polar surface area (TPSA) is 27.1 Å². The van der Waals surface area contributed by atoms with Crippen LogP contribution in [0.1, 0.15) is 38.8 Å². The second-order valence-electron chi connectivity index (χ2n) is 3.20. The van der Waals surface area contributed by atoms with E-state index in [4.69, 9.17) is 4.74 Å². The molecule has 1 aromatic heterocycles. The third-order valence-corrected chi connectivity index (χ3v) is 2.34. The molecule has 3 heteroatoms. The van der Waals surface area contributed by atoms with Crippen LogP contribution in [0.4, 0.5) is 0 Å². The summed E-state index contributed by atoms with van der Waals surface area (Å²) in [6.07, 6.45) is 6.23. The Morgan fingerprint density at radius 3 is 2.86 bits per heavy atom. The lowest BCUT2D eigenvalue weighted by atomic mass is 10.2. The third kappa shape index (κ3) is 2.58. The number of hydrogen-bond acceptors (Lipinski definition) is 2. The summed E-state index contributed by atoms with van der Waals surface area (Å²) in [5.41, 5.74) is 1.31. The van der Waals surface area contributed by atoms with Gasteiger partial charge in [0.05, 0.1) is 18.8 Å². The minimum Gasteiger partial charge on any atom is -0.379 e. The zero-order valence-electron chi connectivity index (χ0n) is 9.36. The second kappa shape index (κ2) is 5.81. The van der Waals surface area contributed by atoms with Crippen LogP contribution in [0.5, 0.6) is 0 Å². The number of aromatic nitrogens is 2. The summed E-state index contributed by atoms with van der Waals surface area (Å²) in [5, 5.41) is 4.31. The highest BCUT2D eigenvalue weighted by Gasteiger charge is 2.17. The molecular weight excluding hydrogens is 176 g/mol. The van der Waals surface area contributed by atoms with Crippen LogP contribution in [0, 0.1) is 0 Å². The maximum atomic E-state index is 5.29. The van der Waals surface area contributed by atoms with E-state index in [0.29, 0.717) is 6.04 Å². The van der Waals surface area contributed by atoms with Crippen molar-refractivity contribution in [1.29, 1.82) is 0 Å². The Morgan fingerprint density at radius 2 is 2.36 bits per heavy atom. The molecule has 0 amide bonds. The van der Waals surface area contributed by atoms with Gasteiger partial charge in [0.25, 0.3) is 0 Å². The Kier molecular flexibility index (Phi) is 4.66. The van der Waals surface area contributed by atoms with Crippen LogP contribution in [0.2, 0.25) is 0 Å². The highest BCUT2D eigenvalue weighted by atomic mass is 16.5. The predicted molar refractivity (Wildman–Crippen MR) is 57.4 cm³/mol. The fourth-order valence-corrected chi connectivity index (χ4v) is 1.49. The average molecular weight is 196 g/mol. The van der Waals surface area contributed by atoms with Crippen molar-refractivity contribution >= 4 is 0 Å². The van der Waals surface area contributed by atoms with Crippen LogP contribution < -0.4 is 0 Å². The van der Waals surface area contributed by atoms with Crippen molar-refractivity contribution in [3.05, 3.63) is 18.0 Å². The van der Waals surface area contributed by atoms with Gasteiger partial charge in [0, 0.05) is 12.8 Å². The molecule has 1 atom stereocenters. The van der Waals surface area contributed by atoms with Gasteiger partial charge in [-0.2, -0.15) is 5.10 Å². The molecule has 80 valence electrons. The number of aryl methyl sites for hydroxylation is 1. The Bertz CT molecular complexity index is 252. The lowest BCUT2D eigenvalue weighted by molar-refractivity contribution is 0.184. The van der Waals surface area contributed by atoms with Crippen molar-refractivity contribution in [2.24, 2.45) is 0 Å². The fourth-order valence-electron chi connectivity index (χ4n) is 1.49. The van der Waals surface area contributed by atoms with E-state index in [-0.39, 0.29) is 0 Å². The summed E-state index contributed by atoms with van der Waals surface area (Å²) in [4.78, 5) is 0. The van der Waals surface area contributed by atoms with Crippen LogP contribution in [0.25, 0.3) is 0 Å². The molecule has 2 heterocycles. The molecule has 0 radical (unpaired) electrons. The van der Waals surface area contributed by atoms with Gasteiger partial charge in [-0.15, -0.1) is 0 Å². The van der Waals surface area contributed by atoms with Crippen LogP contribution in [-0.4, -0.2) is 23.0 Å². The molecule has 1 saturated heterocycles. The molecule has 0 aliphatic carbocycles. The van der Waals surface area contributed by atoms with E-state index in [1.165, 1.54) is 5.56 Å². The number of hydrogen-bond donors (Lipinski definition) is 0. The smallest absolute Gasteiger partial charge is 0.0774 e. The monoisotopic (exact) mass is 196 g/mol. The minimum absolute atomic E-state index is 0.477. The maximum absolute atomic E-state index is 5.29. The van der Waals surface area contributed by atoms with Gasteiger partial charge in [-0.05, 0) is 18.4 Å². The standard InChI is InChI=1S/C9H14N2O.C2H6/c1-2-8-5-10-11(6-8)9-3-4-12-7-9;1-2/h5-6,9H,2-4,7H2,1H3;1-2H3. The van der Waals surface area contributed by atoms with Gasteiger partial charge in [-0.25, -0.2) is 0 Å². The van der Waals surface area contributed by atoms with Crippen molar-refractivity contribution in [3.8, 4) is 0 Å². The first-order chi connectivity index (χ1) is 6.90. The van der Waals surface area contributed by atoms with Crippen LogP contribution in [0.15, 0.2) is 12.4 Å². The molecular formula is C11H20N2O. The van der Waals surface area contributed by atoms with E-state index in [1.807, 2.05) is 24.7 Å². The maximum Gasteiger partial charge on any atom is 0.0774 e. The quantitative estimate of drug-likeness (QED) is 0.726. The minimum atomic E-state index is 0.477. The van der Waals surface area contributed by atoms with E-state index in [9.17, 15) is 0 Å². The van der Waals surface area contributed by atoms with Gasteiger partial charge >= 0.3 is 0 Å². The first-order valence-corrected chi connectivity index (χ1v) is 5.51. The molecule has 14 heavy (non-hydrogen) atoms. The van der Waals surface area contributed by atoms with Gasteiger partial charge in [-0.1, -0.05) is 20.8 Å². The van der Waals surface area contributed by atoms with Crippen molar-refractivity contribution in [1.82, 2.24) is 9.78 Å². The van der Waals surface area contributed by atoms with Gasteiger partial charge < -0.3 is 4.74 Å². The molecule has 1 aromatic rings. The zero-order chi connectivity index (χ0) is 10.4. The van der Waals surface area contributed by atoms with Gasteiger partial charge in [0.2, 0.25) is 0 Å².